The molecule has 1 aromatic heterocycles. The Morgan fingerprint density at radius 2 is 1.64 bits per heavy atom. The fourth-order valence-electron chi connectivity index (χ4n) is 3.57. The second kappa shape index (κ2) is 7.38. The molecule has 0 atom stereocenters. The van der Waals surface area contributed by atoms with E-state index in [-0.39, 0.29) is 6.61 Å². The van der Waals surface area contributed by atoms with Crippen LogP contribution >= 0.6 is 0 Å². The van der Waals surface area contributed by atoms with Crippen LogP contribution < -0.4 is 15.1 Å². The summed E-state index contributed by atoms with van der Waals surface area (Å²) in [5, 5.41) is 0.802. The fraction of sp³-hybridized carbons (Fsp3) is 0.273. The Labute approximate surface area is 161 Å². The number of carbonyl (C=O) groups is 1. The average Bonchev–Trinajstić information content (AvgIpc) is 3.17. The van der Waals surface area contributed by atoms with Gasteiger partial charge < -0.3 is 18.6 Å². The number of ether oxygens (including phenoxy) is 3. The van der Waals surface area contributed by atoms with Gasteiger partial charge in [0.25, 0.3) is 0 Å². The fourth-order valence-corrected chi connectivity index (χ4v) is 3.57. The molecule has 0 saturated heterocycles. The molecule has 144 valence electrons. The maximum Gasteiger partial charge on any atom is 0.338 e. The van der Waals surface area contributed by atoms with E-state index in [0.29, 0.717) is 28.2 Å². The molecule has 0 aliphatic heterocycles. The van der Waals surface area contributed by atoms with Crippen molar-refractivity contribution in [3.63, 3.8) is 0 Å². The summed E-state index contributed by atoms with van der Waals surface area (Å²) >= 11 is 0. The summed E-state index contributed by atoms with van der Waals surface area (Å²) in [7, 11) is 3.02. The van der Waals surface area contributed by atoms with Gasteiger partial charge in [0, 0.05) is 23.1 Å². The van der Waals surface area contributed by atoms with E-state index in [9.17, 15) is 9.59 Å². The van der Waals surface area contributed by atoms with E-state index in [1.807, 2.05) is 12.1 Å². The Bertz CT molecular complexity index is 1090. The second-order valence-electron chi connectivity index (χ2n) is 6.74. The first kappa shape index (κ1) is 18.1. The number of benzene rings is 2. The molecule has 0 N–H and O–H groups in total. The zero-order valence-electron chi connectivity index (χ0n) is 15.7. The molecule has 6 nitrogen and oxygen atoms in total. The number of esters is 1. The van der Waals surface area contributed by atoms with Crippen LogP contribution in [0, 0.1) is 0 Å². The monoisotopic (exact) mass is 380 g/mol. The van der Waals surface area contributed by atoms with Crippen molar-refractivity contribution in [3.8, 4) is 11.5 Å². The van der Waals surface area contributed by atoms with Gasteiger partial charge in [0.15, 0.2) is 0 Å². The van der Waals surface area contributed by atoms with Crippen LogP contribution in [0.5, 0.6) is 11.5 Å². The summed E-state index contributed by atoms with van der Waals surface area (Å²) in [5.41, 5.74) is 3.48. The van der Waals surface area contributed by atoms with Crippen LogP contribution in [0.3, 0.4) is 0 Å². The molecule has 0 saturated carbocycles. The lowest BCUT2D eigenvalue weighted by atomic mass is 10.0. The number of fused-ring (bicyclic) bond motifs is 2. The van der Waals surface area contributed by atoms with Crippen LogP contribution in [0.4, 0.5) is 0 Å². The van der Waals surface area contributed by atoms with Crippen LogP contribution in [0.15, 0.2) is 45.6 Å². The summed E-state index contributed by atoms with van der Waals surface area (Å²) < 4.78 is 21.2. The highest BCUT2D eigenvalue weighted by Crippen LogP contribution is 2.29. The molecule has 1 heterocycles. The second-order valence-corrected chi connectivity index (χ2v) is 6.74. The van der Waals surface area contributed by atoms with E-state index >= 15 is 0 Å². The number of methoxy groups -OCH3 is 2. The normalized spacial score (nSPS) is 12.6. The van der Waals surface area contributed by atoms with Crippen molar-refractivity contribution in [3.05, 3.63) is 69.1 Å². The van der Waals surface area contributed by atoms with Crippen LogP contribution in [0.2, 0.25) is 0 Å². The molecule has 1 aliphatic rings. The Hall–Kier alpha value is -3.28. The summed E-state index contributed by atoms with van der Waals surface area (Å²) in [4.78, 5) is 24.5. The third kappa shape index (κ3) is 3.45. The van der Waals surface area contributed by atoms with Gasteiger partial charge in [0.2, 0.25) is 0 Å². The van der Waals surface area contributed by atoms with Crippen molar-refractivity contribution in [1.82, 2.24) is 0 Å². The maximum absolute atomic E-state index is 12.5. The van der Waals surface area contributed by atoms with E-state index in [1.54, 1.807) is 18.2 Å². The van der Waals surface area contributed by atoms with Gasteiger partial charge >= 0.3 is 11.6 Å². The van der Waals surface area contributed by atoms with Crippen molar-refractivity contribution < 1.29 is 23.4 Å². The number of hydrogen-bond acceptors (Lipinski definition) is 6. The highest BCUT2D eigenvalue weighted by Gasteiger charge is 2.17. The van der Waals surface area contributed by atoms with Crippen molar-refractivity contribution in [2.75, 3.05) is 14.2 Å². The van der Waals surface area contributed by atoms with Gasteiger partial charge in [-0.05, 0) is 54.7 Å². The summed E-state index contributed by atoms with van der Waals surface area (Å²) in [6.07, 6.45) is 3.09. The number of rotatable bonds is 5. The lowest BCUT2D eigenvalue weighted by Gasteiger charge is -2.10. The summed E-state index contributed by atoms with van der Waals surface area (Å²) in [6.45, 7) is -0.0285. The summed E-state index contributed by atoms with van der Waals surface area (Å²) in [5.74, 6) is 0.458. The molecule has 0 radical (unpaired) electrons. The van der Waals surface area contributed by atoms with Crippen molar-refractivity contribution in [2.45, 2.75) is 25.9 Å². The van der Waals surface area contributed by atoms with Crippen molar-refractivity contribution in [2.24, 2.45) is 0 Å². The first-order valence-electron chi connectivity index (χ1n) is 9.06. The molecule has 0 spiro atoms. The lowest BCUT2D eigenvalue weighted by molar-refractivity contribution is 0.0473. The number of aryl methyl sites for hydroxylation is 2. The number of carbonyl (C=O) groups excluding carboxylic acids is 1. The highest BCUT2D eigenvalue weighted by molar-refractivity contribution is 5.91. The van der Waals surface area contributed by atoms with E-state index in [2.05, 4.69) is 0 Å². The third-order valence-corrected chi connectivity index (χ3v) is 4.99. The molecule has 3 aromatic rings. The van der Waals surface area contributed by atoms with Gasteiger partial charge in [-0.15, -0.1) is 0 Å². The molecular formula is C22H20O6. The minimum atomic E-state index is -0.528. The van der Waals surface area contributed by atoms with E-state index in [0.717, 1.165) is 24.6 Å². The Morgan fingerprint density at radius 3 is 2.32 bits per heavy atom. The van der Waals surface area contributed by atoms with Crippen LogP contribution in [-0.2, 0) is 24.2 Å². The molecule has 1 aliphatic carbocycles. The minimum absolute atomic E-state index is 0.0285. The number of hydrogen-bond donors (Lipinski definition) is 0. The third-order valence-electron chi connectivity index (χ3n) is 4.99. The molecule has 0 amide bonds. The van der Waals surface area contributed by atoms with E-state index in [1.165, 1.54) is 31.4 Å². The largest absolute Gasteiger partial charge is 0.497 e. The zero-order valence-corrected chi connectivity index (χ0v) is 15.7. The quantitative estimate of drug-likeness (QED) is 0.497. The molecule has 0 fully saturated rings. The van der Waals surface area contributed by atoms with Gasteiger partial charge in [-0.2, -0.15) is 0 Å². The van der Waals surface area contributed by atoms with Gasteiger partial charge in [-0.1, -0.05) is 0 Å². The van der Waals surface area contributed by atoms with Gasteiger partial charge in [0.05, 0.1) is 19.8 Å². The zero-order chi connectivity index (χ0) is 19.7. The van der Waals surface area contributed by atoms with Crippen LogP contribution in [0.1, 0.15) is 33.5 Å². The Kier molecular flexibility index (Phi) is 4.77. The topological polar surface area (TPSA) is 75.0 Å². The molecule has 6 heteroatoms. The first-order valence-corrected chi connectivity index (χ1v) is 9.06. The molecule has 0 bridgehead atoms. The minimum Gasteiger partial charge on any atom is -0.497 e. The van der Waals surface area contributed by atoms with Gasteiger partial charge in [0.1, 0.15) is 23.7 Å². The molecule has 28 heavy (non-hydrogen) atoms. The van der Waals surface area contributed by atoms with Crippen LogP contribution in [0.25, 0.3) is 11.0 Å². The Balaban J connectivity index is 1.62. The SMILES string of the molecule is COc1cc(OC)cc(C(=O)OCc2cc(=O)oc3cc4c(cc23)CCC4)c1. The highest BCUT2D eigenvalue weighted by atomic mass is 16.5. The van der Waals surface area contributed by atoms with Gasteiger partial charge in [-0.25, -0.2) is 9.59 Å². The van der Waals surface area contributed by atoms with Crippen molar-refractivity contribution in [1.29, 1.82) is 0 Å². The van der Waals surface area contributed by atoms with Crippen LogP contribution in [-0.4, -0.2) is 20.2 Å². The predicted molar refractivity (Wildman–Crippen MR) is 103 cm³/mol. The lowest BCUT2D eigenvalue weighted by Crippen LogP contribution is -2.08. The van der Waals surface area contributed by atoms with E-state index < -0.39 is 11.6 Å². The molecule has 0 unspecified atom stereocenters. The van der Waals surface area contributed by atoms with Gasteiger partial charge in [-0.3, -0.25) is 0 Å². The summed E-state index contributed by atoms with van der Waals surface area (Å²) in [6, 6.07) is 10.2. The predicted octanol–water partition coefficient (Wildman–Crippen LogP) is 3.66. The molecular weight excluding hydrogens is 360 g/mol. The van der Waals surface area contributed by atoms with E-state index in [4.69, 9.17) is 18.6 Å². The first-order chi connectivity index (χ1) is 13.6. The molecule has 4 rings (SSSR count). The Morgan fingerprint density at radius 1 is 0.964 bits per heavy atom. The average molecular weight is 380 g/mol. The maximum atomic E-state index is 12.5. The molecule has 2 aromatic carbocycles. The smallest absolute Gasteiger partial charge is 0.338 e. The standard InChI is InChI=1S/C22H20O6/c1-25-17-6-15(7-18(11-17)26-2)22(24)27-12-16-10-21(23)28-20-9-14-5-3-4-13(14)8-19(16)20/h6-11H,3-5,12H2,1-2H3. The van der Waals surface area contributed by atoms with Crippen molar-refractivity contribution >= 4 is 16.9 Å².